The first kappa shape index (κ1) is 10.7. The van der Waals surface area contributed by atoms with Crippen LogP contribution < -0.4 is 5.32 Å². The van der Waals surface area contributed by atoms with Crippen LogP contribution in [0.2, 0.25) is 0 Å². The quantitative estimate of drug-likeness (QED) is 0.723. The van der Waals surface area contributed by atoms with Gasteiger partial charge in [-0.3, -0.25) is 4.79 Å². The average Bonchev–Trinajstić information content (AvgIpc) is 2.15. The molecule has 1 aliphatic rings. The molecule has 2 nitrogen and oxygen atoms in total. The Balaban J connectivity index is 2.46. The number of likely N-dealkylation sites (N-methyl/N-ethyl adjacent to an activating group) is 1. The number of Topliss-reactive ketones (excluding diaryl/α,β-unsaturated/α-hetero) is 1. The largest absolute Gasteiger partial charge is 0.308 e. The van der Waals surface area contributed by atoms with Gasteiger partial charge >= 0.3 is 0 Å². The van der Waals surface area contributed by atoms with E-state index < -0.39 is 0 Å². The van der Waals surface area contributed by atoms with E-state index in [4.69, 9.17) is 0 Å². The molecule has 0 heterocycles. The minimum Gasteiger partial charge on any atom is -0.308 e. The number of hydrogen-bond acceptors (Lipinski definition) is 2. The molecule has 0 bridgehead atoms. The highest BCUT2D eigenvalue weighted by Gasteiger charge is 2.25. The molecule has 1 unspecified atom stereocenters. The zero-order chi connectivity index (χ0) is 9.68. The summed E-state index contributed by atoms with van der Waals surface area (Å²) in [6, 6.07) is 0.130. The van der Waals surface area contributed by atoms with E-state index in [2.05, 4.69) is 12.2 Å². The topological polar surface area (TPSA) is 29.1 Å². The SMILES string of the molecule is CCNC(C(C)=O)C1CCCCC1. The van der Waals surface area contributed by atoms with E-state index in [-0.39, 0.29) is 6.04 Å². The molecular weight excluding hydrogens is 162 g/mol. The molecule has 1 saturated carbocycles. The molecule has 1 fully saturated rings. The molecule has 0 amide bonds. The van der Waals surface area contributed by atoms with Crippen molar-refractivity contribution in [1.82, 2.24) is 5.32 Å². The maximum Gasteiger partial charge on any atom is 0.146 e. The van der Waals surface area contributed by atoms with Gasteiger partial charge in [0.15, 0.2) is 0 Å². The molecule has 1 rings (SSSR count). The summed E-state index contributed by atoms with van der Waals surface area (Å²) < 4.78 is 0. The fourth-order valence-corrected chi connectivity index (χ4v) is 2.33. The van der Waals surface area contributed by atoms with Gasteiger partial charge in [0.25, 0.3) is 0 Å². The van der Waals surface area contributed by atoms with Crippen LogP contribution >= 0.6 is 0 Å². The van der Waals surface area contributed by atoms with Gasteiger partial charge in [-0.05, 0) is 32.2 Å². The second-order valence-corrected chi connectivity index (χ2v) is 4.04. The molecule has 1 N–H and O–H groups in total. The van der Waals surface area contributed by atoms with Crippen LogP contribution in [-0.4, -0.2) is 18.4 Å². The van der Waals surface area contributed by atoms with Crippen LogP contribution in [0.3, 0.4) is 0 Å². The Morgan fingerprint density at radius 3 is 2.46 bits per heavy atom. The summed E-state index contributed by atoms with van der Waals surface area (Å²) in [5, 5.41) is 3.30. The van der Waals surface area contributed by atoms with Crippen molar-refractivity contribution in [3.63, 3.8) is 0 Å². The lowest BCUT2D eigenvalue weighted by molar-refractivity contribution is -0.120. The van der Waals surface area contributed by atoms with Crippen molar-refractivity contribution in [2.24, 2.45) is 5.92 Å². The zero-order valence-electron chi connectivity index (χ0n) is 8.81. The highest BCUT2D eigenvalue weighted by molar-refractivity contribution is 5.81. The van der Waals surface area contributed by atoms with Crippen molar-refractivity contribution in [2.75, 3.05) is 6.54 Å². The summed E-state index contributed by atoms with van der Waals surface area (Å²) in [6.07, 6.45) is 6.43. The van der Waals surface area contributed by atoms with Crippen LogP contribution in [0, 0.1) is 5.92 Å². The average molecular weight is 183 g/mol. The van der Waals surface area contributed by atoms with E-state index in [1.54, 1.807) is 6.92 Å². The van der Waals surface area contributed by atoms with Crippen LogP contribution in [0.15, 0.2) is 0 Å². The minimum absolute atomic E-state index is 0.130. The van der Waals surface area contributed by atoms with Gasteiger partial charge in [-0.15, -0.1) is 0 Å². The molecule has 0 aromatic carbocycles. The summed E-state index contributed by atoms with van der Waals surface area (Å²) >= 11 is 0. The van der Waals surface area contributed by atoms with Crippen LogP contribution in [0.1, 0.15) is 46.0 Å². The smallest absolute Gasteiger partial charge is 0.146 e. The molecular formula is C11H21NO. The highest BCUT2D eigenvalue weighted by atomic mass is 16.1. The Morgan fingerprint density at radius 1 is 1.38 bits per heavy atom. The van der Waals surface area contributed by atoms with Crippen molar-refractivity contribution in [3.05, 3.63) is 0 Å². The second kappa shape index (κ2) is 5.38. The van der Waals surface area contributed by atoms with Gasteiger partial charge in [0.2, 0.25) is 0 Å². The lowest BCUT2D eigenvalue weighted by Gasteiger charge is -2.28. The van der Waals surface area contributed by atoms with Crippen LogP contribution in [-0.2, 0) is 4.79 Å². The number of hydrogen-bond donors (Lipinski definition) is 1. The van der Waals surface area contributed by atoms with Crippen molar-refractivity contribution in [1.29, 1.82) is 0 Å². The first-order valence-corrected chi connectivity index (χ1v) is 5.49. The van der Waals surface area contributed by atoms with Gasteiger partial charge in [0.1, 0.15) is 5.78 Å². The maximum absolute atomic E-state index is 11.4. The molecule has 2 heteroatoms. The molecule has 1 aliphatic carbocycles. The predicted molar refractivity (Wildman–Crippen MR) is 54.7 cm³/mol. The van der Waals surface area contributed by atoms with Gasteiger partial charge in [0.05, 0.1) is 6.04 Å². The standard InChI is InChI=1S/C11H21NO/c1-3-12-11(9(2)13)10-7-5-4-6-8-10/h10-12H,3-8H2,1-2H3. The monoisotopic (exact) mass is 183 g/mol. The van der Waals surface area contributed by atoms with E-state index >= 15 is 0 Å². The number of carbonyl (C=O) groups is 1. The lowest BCUT2D eigenvalue weighted by Crippen LogP contribution is -2.42. The second-order valence-electron chi connectivity index (χ2n) is 4.04. The van der Waals surface area contributed by atoms with E-state index in [1.807, 2.05) is 0 Å². The molecule has 0 aliphatic heterocycles. The van der Waals surface area contributed by atoms with E-state index in [0.29, 0.717) is 11.7 Å². The van der Waals surface area contributed by atoms with Crippen LogP contribution in [0.4, 0.5) is 0 Å². The fraction of sp³-hybridized carbons (Fsp3) is 0.909. The number of ketones is 1. The molecule has 76 valence electrons. The van der Waals surface area contributed by atoms with Gasteiger partial charge in [-0.25, -0.2) is 0 Å². The number of nitrogens with one attached hydrogen (secondary N) is 1. The summed E-state index contributed by atoms with van der Waals surface area (Å²) in [7, 11) is 0. The van der Waals surface area contributed by atoms with E-state index in [1.165, 1.54) is 32.1 Å². The first-order chi connectivity index (χ1) is 6.25. The third-order valence-electron chi connectivity index (χ3n) is 2.98. The van der Waals surface area contributed by atoms with Crippen molar-refractivity contribution in [2.45, 2.75) is 52.0 Å². The van der Waals surface area contributed by atoms with Gasteiger partial charge in [0, 0.05) is 0 Å². The summed E-state index contributed by atoms with van der Waals surface area (Å²) in [5.41, 5.74) is 0. The predicted octanol–water partition coefficient (Wildman–Crippen LogP) is 2.13. The fourth-order valence-electron chi connectivity index (χ4n) is 2.33. The van der Waals surface area contributed by atoms with Gasteiger partial charge < -0.3 is 5.32 Å². The van der Waals surface area contributed by atoms with Gasteiger partial charge in [-0.2, -0.15) is 0 Å². The molecule has 1 atom stereocenters. The van der Waals surface area contributed by atoms with Gasteiger partial charge in [-0.1, -0.05) is 26.2 Å². The maximum atomic E-state index is 11.4. The van der Waals surface area contributed by atoms with Crippen LogP contribution in [0.25, 0.3) is 0 Å². The van der Waals surface area contributed by atoms with Crippen molar-refractivity contribution < 1.29 is 4.79 Å². The molecule has 13 heavy (non-hydrogen) atoms. The number of rotatable bonds is 4. The highest BCUT2D eigenvalue weighted by Crippen LogP contribution is 2.26. The Kier molecular flexibility index (Phi) is 4.43. The summed E-state index contributed by atoms with van der Waals surface area (Å²) in [5.74, 6) is 0.917. The Labute approximate surface area is 81.1 Å². The molecule has 0 aromatic rings. The lowest BCUT2D eigenvalue weighted by atomic mass is 9.82. The van der Waals surface area contributed by atoms with Crippen LogP contribution in [0.5, 0.6) is 0 Å². The third kappa shape index (κ3) is 3.11. The molecule has 0 radical (unpaired) electrons. The third-order valence-corrected chi connectivity index (χ3v) is 2.98. The van der Waals surface area contributed by atoms with Crippen molar-refractivity contribution >= 4 is 5.78 Å². The molecule has 0 aromatic heterocycles. The molecule has 0 spiro atoms. The Morgan fingerprint density at radius 2 is 2.00 bits per heavy atom. The van der Waals surface area contributed by atoms with E-state index in [0.717, 1.165) is 6.54 Å². The Bertz CT molecular complexity index is 161. The first-order valence-electron chi connectivity index (χ1n) is 5.49. The normalized spacial score (nSPS) is 21.4. The Hall–Kier alpha value is -0.370. The number of carbonyl (C=O) groups excluding carboxylic acids is 1. The zero-order valence-corrected chi connectivity index (χ0v) is 8.81. The summed E-state index contributed by atoms with van der Waals surface area (Å²) in [6.45, 7) is 4.68. The van der Waals surface area contributed by atoms with Crippen molar-refractivity contribution in [3.8, 4) is 0 Å². The minimum atomic E-state index is 0.130. The van der Waals surface area contributed by atoms with E-state index in [9.17, 15) is 4.79 Å². The summed E-state index contributed by atoms with van der Waals surface area (Å²) in [4.78, 5) is 11.4. The molecule has 0 saturated heterocycles.